The minimum Gasteiger partial charge on any atom is -0.391 e. The lowest BCUT2D eigenvalue weighted by molar-refractivity contribution is -0.122. The van der Waals surface area contributed by atoms with Crippen LogP contribution < -0.4 is 5.32 Å². The Bertz CT molecular complexity index is 621. The molecule has 0 heterocycles. The van der Waals surface area contributed by atoms with Crippen molar-refractivity contribution in [1.29, 1.82) is 0 Å². The van der Waals surface area contributed by atoms with Crippen molar-refractivity contribution in [1.82, 2.24) is 5.32 Å². The average molecular weight is 518 g/mol. The van der Waals surface area contributed by atoms with Crippen LogP contribution in [-0.2, 0) is 14.9 Å². The molecule has 0 aromatic heterocycles. The summed E-state index contributed by atoms with van der Waals surface area (Å²) in [5, 5.41) is 13.1. The van der Waals surface area contributed by atoms with E-state index in [1.54, 1.807) is 0 Å². The summed E-state index contributed by atoms with van der Waals surface area (Å²) in [4.78, 5) is 12.3. The molecule has 208 valence electrons. The molecule has 0 aliphatic heterocycles. The van der Waals surface area contributed by atoms with Crippen LogP contribution in [0.5, 0.6) is 0 Å². The summed E-state index contributed by atoms with van der Waals surface area (Å²) in [6, 6.07) is -0.967. The summed E-state index contributed by atoms with van der Waals surface area (Å²) in [6.07, 6.45) is 24.5. The molecular weight excluding hydrogens is 462 g/mol. The SMILES string of the molecule is CCCCC/C=C\CCCCCCCC(=O)NC(CS(=O)(=O)O)C(O)CCCCCCCCCC. The first-order chi connectivity index (χ1) is 16.8. The third-order valence-corrected chi connectivity index (χ3v) is 7.25. The molecule has 0 aliphatic rings. The first-order valence-corrected chi connectivity index (χ1v) is 16.0. The molecule has 6 nitrogen and oxygen atoms in total. The molecule has 0 spiro atoms. The van der Waals surface area contributed by atoms with E-state index in [1.807, 2.05) is 0 Å². The molecule has 35 heavy (non-hydrogen) atoms. The zero-order valence-electron chi connectivity index (χ0n) is 22.7. The molecule has 0 bridgehead atoms. The van der Waals surface area contributed by atoms with Crippen LogP contribution in [-0.4, -0.2) is 41.9 Å². The molecule has 0 radical (unpaired) electrons. The van der Waals surface area contributed by atoms with Crippen LogP contribution in [0.15, 0.2) is 12.2 Å². The molecule has 0 saturated heterocycles. The third-order valence-electron chi connectivity index (χ3n) is 6.47. The highest BCUT2D eigenvalue weighted by atomic mass is 32.2. The second kappa shape index (κ2) is 23.5. The zero-order valence-corrected chi connectivity index (χ0v) is 23.5. The fraction of sp³-hybridized carbons (Fsp3) is 0.893. The molecular formula is C28H55NO5S. The zero-order chi connectivity index (χ0) is 26.2. The van der Waals surface area contributed by atoms with Crippen LogP contribution in [0.4, 0.5) is 0 Å². The quantitative estimate of drug-likeness (QED) is 0.0679. The van der Waals surface area contributed by atoms with Crippen LogP contribution in [0.1, 0.15) is 142 Å². The first-order valence-electron chi connectivity index (χ1n) is 14.4. The first kappa shape index (κ1) is 34.1. The average Bonchev–Trinajstić information content (AvgIpc) is 2.80. The van der Waals surface area contributed by atoms with Gasteiger partial charge in [0.15, 0.2) is 0 Å². The second-order valence-corrected chi connectivity index (χ2v) is 11.5. The topological polar surface area (TPSA) is 104 Å². The number of hydrogen-bond acceptors (Lipinski definition) is 4. The van der Waals surface area contributed by atoms with Crippen LogP contribution in [0.2, 0.25) is 0 Å². The van der Waals surface area contributed by atoms with E-state index >= 15 is 0 Å². The Kier molecular flexibility index (Phi) is 22.9. The lowest BCUT2D eigenvalue weighted by atomic mass is 10.0. The highest BCUT2D eigenvalue weighted by molar-refractivity contribution is 7.85. The number of nitrogens with one attached hydrogen (secondary N) is 1. The van der Waals surface area contributed by atoms with Crippen molar-refractivity contribution in [2.45, 2.75) is 154 Å². The van der Waals surface area contributed by atoms with Gasteiger partial charge in [0.2, 0.25) is 5.91 Å². The van der Waals surface area contributed by atoms with Gasteiger partial charge < -0.3 is 10.4 Å². The fourth-order valence-corrected chi connectivity index (χ4v) is 5.03. The Balaban J connectivity index is 4.06. The van der Waals surface area contributed by atoms with Gasteiger partial charge in [0.25, 0.3) is 10.1 Å². The molecule has 3 N–H and O–H groups in total. The molecule has 0 fully saturated rings. The predicted molar refractivity (Wildman–Crippen MR) is 147 cm³/mol. The Labute approximate surface area is 216 Å². The smallest absolute Gasteiger partial charge is 0.266 e. The lowest BCUT2D eigenvalue weighted by Gasteiger charge is -2.23. The van der Waals surface area contributed by atoms with Crippen molar-refractivity contribution in [3.05, 3.63) is 12.2 Å². The van der Waals surface area contributed by atoms with E-state index < -0.39 is 28.0 Å². The molecule has 1 amide bonds. The summed E-state index contributed by atoms with van der Waals surface area (Å²) in [7, 11) is -4.29. The molecule has 0 saturated carbocycles. The maximum Gasteiger partial charge on any atom is 0.266 e. The largest absolute Gasteiger partial charge is 0.391 e. The highest BCUT2D eigenvalue weighted by Gasteiger charge is 2.25. The van der Waals surface area contributed by atoms with E-state index in [9.17, 15) is 22.9 Å². The van der Waals surface area contributed by atoms with Gasteiger partial charge in [-0.2, -0.15) is 8.42 Å². The van der Waals surface area contributed by atoms with E-state index in [0.717, 1.165) is 57.8 Å². The van der Waals surface area contributed by atoms with E-state index in [4.69, 9.17) is 0 Å². The normalized spacial score (nSPS) is 13.8. The Morgan fingerprint density at radius 1 is 0.743 bits per heavy atom. The van der Waals surface area contributed by atoms with Gasteiger partial charge in [-0.15, -0.1) is 0 Å². The molecule has 2 unspecified atom stereocenters. The number of carbonyl (C=O) groups excluding carboxylic acids is 1. The highest BCUT2D eigenvalue weighted by Crippen LogP contribution is 2.14. The van der Waals surface area contributed by atoms with Gasteiger partial charge in [-0.25, -0.2) is 0 Å². The van der Waals surface area contributed by atoms with Crippen molar-refractivity contribution in [2.24, 2.45) is 0 Å². The van der Waals surface area contributed by atoms with Crippen molar-refractivity contribution < 1.29 is 22.9 Å². The molecule has 0 aromatic carbocycles. The van der Waals surface area contributed by atoms with Crippen LogP contribution in [0.3, 0.4) is 0 Å². The molecule has 0 rings (SSSR count). The van der Waals surface area contributed by atoms with Crippen LogP contribution >= 0.6 is 0 Å². The summed E-state index contributed by atoms with van der Waals surface area (Å²) < 4.78 is 32.0. The predicted octanol–water partition coefficient (Wildman–Crippen LogP) is 7.12. The minimum absolute atomic E-state index is 0.261. The standard InChI is InChI=1S/C28H55NO5S/c1-3-5-7-9-11-13-14-15-16-18-20-22-24-28(31)29-26(25-35(32,33)34)27(30)23-21-19-17-12-10-8-6-4-2/h11,13,26-27,30H,3-10,12,14-25H2,1-2H3,(H,29,31)(H,32,33,34)/b13-11-. The number of aliphatic hydroxyl groups is 1. The summed E-state index contributed by atoms with van der Waals surface area (Å²) in [5.74, 6) is -0.910. The van der Waals surface area contributed by atoms with Crippen molar-refractivity contribution in [2.75, 3.05) is 5.75 Å². The van der Waals surface area contributed by atoms with Gasteiger partial charge in [-0.1, -0.05) is 109 Å². The van der Waals surface area contributed by atoms with Gasteiger partial charge in [0, 0.05) is 6.42 Å². The van der Waals surface area contributed by atoms with E-state index in [2.05, 4.69) is 31.3 Å². The Morgan fingerprint density at radius 3 is 1.77 bits per heavy atom. The molecule has 2 atom stereocenters. The number of hydrogen-bond donors (Lipinski definition) is 3. The van der Waals surface area contributed by atoms with Gasteiger partial charge >= 0.3 is 0 Å². The molecule has 7 heteroatoms. The number of rotatable bonds is 25. The van der Waals surface area contributed by atoms with Crippen LogP contribution in [0.25, 0.3) is 0 Å². The Morgan fingerprint density at radius 2 is 1.20 bits per heavy atom. The number of amides is 1. The second-order valence-electron chi connectivity index (χ2n) is 10.0. The number of unbranched alkanes of at least 4 members (excludes halogenated alkanes) is 15. The number of aliphatic hydroxyl groups excluding tert-OH is 1. The van der Waals surface area contributed by atoms with Gasteiger partial charge in [0.1, 0.15) is 0 Å². The number of allylic oxidation sites excluding steroid dienone is 2. The fourth-order valence-electron chi connectivity index (χ4n) is 4.27. The summed E-state index contributed by atoms with van der Waals surface area (Å²) in [5.41, 5.74) is 0. The maximum atomic E-state index is 12.3. The summed E-state index contributed by atoms with van der Waals surface area (Å²) >= 11 is 0. The van der Waals surface area contributed by atoms with E-state index in [0.29, 0.717) is 12.8 Å². The lowest BCUT2D eigenvalue weighted by Crippen LogP contribution is -2.47. The number of carbonyl (C=O) groups is 1. The van der Waals surface area contributed by atoms with Crippen molar-refractivity contribution in [3.8, 4) is 0 Å². The maximum absolute atomic E-state index is 12.3. The van der Waals surface area contributed by atoms with E-state index in [-0.39, 0.29) is 5.91 Å². The van der Waals surface area contributed by atoms with Crippen molar-refractivity contribution in [3.63, 3.8) is 0 Å². The Hall–Kier alpha value is -0.920. The molecule has 0 aliphatic carbocycles. The van der Waals surface area contributed by atoms with Gasteiger partial charge in [-0.3, -0.25) is 9.35 Å². The van der Waals surface area contributed by atoms with Gasteiger partial charge in [-0.05, 0) is 38.5 Å². The monoisotopic (exact) mass is 517 g/mol. The summed E-state index contributed by atoms with van der Waals surface area (Å²) in [6.45, 7) is 4.41. The van der Waals surface area contributed by atoms with E-state index in [1.165, 1.54) is 57.8 Å². The van der Waals surface area contributed by atoms with Crippen LogP contribution in [0, 0.1) is 0 Å². The minimum atomic E-state index is -4.29. The molecule has 0 aromatic rings. The van der Waals surface area contributed by atoms with Gasteiger partial charge in [0.05, 0.1) is 17.9 Å². The van der Waals surface area contributed by atoms with Crippen molar-refractivity contribution >= 4 is 16.0 Å². The third kappa shape index (κ3) is 24.5.